The molecule has 1 atom stereocenters. The number of aryl methyl sites for hydroxylation is 1. The van der Waals surface area contributed by atoms with Crippen LogP contribution in [0.3, 0.4) is 0 Å². The number of nitrogens with one attached hydrogen (secondary N) is 1. The average Bonchev–Trinajstić information content (AvgIpc) is 2.83. The summed E-state index contributed by atoms with van der Waals surface area (Å²) in [5.41, 5.74) is 3.60. The Labute approximate surface area is 152 Å². The first kappa shape index (κ1) is 16.3. The van der Waals surface area contributed by atoms with E-state index in [1.54, 1.807) is 11.8 Å². The second-order valence-electron chi connectivity index (χ2n) is 4.57. The molecule has 114 valence electrons. The van der Waals surface area contributed by atoms with Crippen molar-refractivity contribution in [3.63, 3.8) is 0 Å². The van der Waals surface area contributed by atoms with E-state index in [4.69, 9.17) is 11.6 Å². The van der Waals surface area contributed by atoms with E-state index >= 15 is 0 Å². The van der Waals surface area contributed by atoms with Crippen LogP contribution in [0, 0.1) is 6.92 Å². The lowest BCUT2D eigenvalue weighted by molar-refractivity contribution is 1.10. The maximum atomic E-state index is 6.21. The molecule has 1 unspecified atom stereocenters. The van der Waals surface area contributed by atoms with Gasteiger partial charge in [0.2, 0.25) is 0 Å². The van der Waals surface area contributed by atoms with Gasteiger partial charge in [-0.25, -0.2) is 9.97 Å². The summed E-state index contributed by atoms with van der Waals surface area (Å²) in [6, 6.07) is 10.0. The number of fused-ring (bicyclic) bond motifs is 1. The predicted molar refractivity (Wildman–Crippen MR) is 107 cm³/mol. The third kappa shape index (κ3) is 3.07. The molecule has 2 aromatic heterocycles. The van der Waals surface area contributed by atoms with E-state index in [2.05, 4.69) is 60.1 Å². The maximum absolute atomic E-state index is 6.21. The molecule has 22 heavy (non-hydrogen) atoms. The van der Waals surface area contributed by atoms with E-state index in [1.807, 2.05) is 25.1 Å². The van der Waals surface area contributed by atoms with E-state index < -0.39 is 0 Å². The third-order valence-corrected chi connectivity index (χ3v) is 6.35. The SMILES string of the molecule is CSc1ccccc1Nc1cc(Cl)nc2c1nc(C)n2PI. The molecule has 0 aliphatic carbocycles. The summed E-state index contributed by atoms with van der Waals surface area (Å²) in [5.74, 6) is 0.943. The smallest absolute Gasteiger partial charge is 0.167 e. The minimum absolute atomic E-state index is 0.465. The van der Waals surface area contributed by atoms with Crippen LogP contribution in [-0.4, -0.2) is 20.6 Å². The summed E-state index contributed by atoms with van der Waals surface area (Å²) in [7, 11) is 0. The van der Waals surface area contributed by atoms with Crippen molar-refractivity contribution in [2.75, 3.05) is 11.6 Å². The maximum Gasteiger partial charge on any atom is 0.167 e. The summed E-state index contributed by atoms with van der Waals surface area (Å²) in [6.45, 7) is 1.99. The minimum atomic E-state index is 0.465. The summed E-state index contributed by atoms with van der Waals surface area (Å²) >= 11 is 10.2. The Morgan fingerprint density at radius 2 is 2.05 bits per heavy atom. The second-order valence-corrected chi connectivity index (χ2v) is 7.87. The van der Waals surface area contributed by atoms with Crippen LogP contribution >= 0.6 is 51.8 Å². The van der Waals surface area contributed by atoms with Crippen molar-refractivity contribution in [3.8, 4) is 0 Å². The number of para-hydroxylation sites is 1. The fourth-order valence-corrected chi connectivity index (χ4v) is 5.10. The summed E-state index contributed by atoms with van der Waals surface area (Å²) in [4.78, 5) is 10.3. The van der Waals surface area contributed by atoms with Gasteiger partial charge in [0.1, 0.15) is 16.5 Å². The Bertz CT molecular complexity index is 839. The van der Waals surface area contributed by atoms with Gasteiger partial charge in [-0.2, -0.15) is 0 Å². The van der Waals surface area contributed by atoms with Gasteiger partial charge in [0, 0.05) is 11.0 Å². The van der Waals surface area contributed by atoms with Gasteiger partial charge in [0.05, 0.1) is 17.7 Å². The number of nitrogens with zero attached hydrogens (tertiary/aromatic N) is 3. The number of benzene rings is 1. The van der Waals surface area contributed by atoms with Crippen LogP contribution in [0.15, 0.2) is 35.2 Å². The summed E-state index contributed by atoms with van der Waals surface area (Å²) < 4.78 is 2.08. The molecule has 0 spiro atoms. The van der Waals surface area contributed by atoms with Gasteiger partial charge in [-0.1, -0.05) is 23.7 Å². The molecule has 0 amide bonds. The highest BCUT2D eigenvalue weighted by Gasteiger charge is 2.14. The number of imidazole rings is 1. The minimum Gasteiger partial charge on any atom is -0.353 e. The zero-order chi connectivity index (χ0) is 15.7. The van der Waals surface area contributed by atoms with E-state index in [1.165, 1.54) is 4.90 Å². The molecule has 0 saturated heterocycles. The first-order valence-corrected chi connectivity index (χ1v) is 12.1. The largest absolute Gasteiger partial charge is 0.353 e. The Morgan fingerprint density at radius 3 is 2.77 bits per heavy atom. The third-order valence-electron chi connectivity index (χ3n) is 3.21. The lowest BCUT2D eigenvalue weighted by Gasteiger charge is -2.11. The van der Waals surface area contributed by atoms with Crippen molar-refractivity contribution in [3.05, 3.63) is 41.3 Å². The molecule has 3 rings (SSSR count). The monoisotopic (exact) mass is 462 g/mol. The number of hydrogen-bond donors (Lipinski definition) is 1. The van der Waals surface area contributed by atoms with E-state index in [-0.39, 0.29) is 0 Å². The second kappa shape index (κ2) is 6.91. The van der Waals surface area contributed by atoms with Crippen molar-refractivity contribution in [2.24, 2.45) is 0 Å². The zero-order valence-electron chi connectivity index (χ0n) is 11.9. The zero-order valence-corrected chi connectivity index (χ0v) is 16.6. The molecule has 1 N–H and O–H groups in total. The normalized spacial score (nSPS) is 11.6. The molecule has 4 nitrogen and oxygen atoms in total. The quantitative estimate of drug-likeness (QED) is 0.235. The van der Waals surface area contributed by atoms with Gasteiger partial charge in [0.25, 0.3) is 0 Å². The standard InChI is InChI=1S/C14H13ClIN4PS/c1-8-17-13-10(7-12(15)19-14(13)20(8)21-16)18-9-5-3-4-6-11(9)22-2/h3-7,21H,1-2H3,(H,18,19). The number of pyridine rings is 1. The van der Waals surface area contributed by atoms with Crippen LogP contribution < -0.4 is 5.32 Å². The molecule has 3 aromatic rings. The molecule has 0 fully saturated rings. The first-order valence-electron chi connectivity index (χ1n) is 6.46. The van der Waals surface area contributed by atoms with E-state index in [0.29, 0.717) is 11.5 Å². The van der Waals surface area contributed by atoms with Crippen molar-refractivity contribution in [2.45, 2.75) is 11.8 Å². The summed E-state index contributed by atoms with van der Waals surface area (Å²) in [5, 5.41) is 3.92. The Hall–Kier alpha value is -0.560. The molecule has 0 aliphatic rings. The fourth-order valence-electron chi connectivity index (χ4n) is 2.21. The lowest BCUT2D eigenvalue weighted by atomic mass is 10.3. The lowest BCUT2D eigenvalue weighted by Crippen LogP contribution is -1.95. The first-order chi connectivity index (χ1) is 10.6. The molecule has 8 heteroatoms. The number of halogens is 2. The van der Waals surface area contributed by atoms with E-state index in [0.717, 1.165) is 28.4 Å². The Kier molecular flexibility index (Phi) is 5.12. The van der Waals surface area contributed by atoms with Crippen molar-refractivity contribution >= 4 is 74.3 Å². The van der Waals surface area contributed by atoms with Gasteiger partial charge < -0.3 is 5.32 Å². The van der Waals surface area contributed by atoms with Gasteiger partial charge in [0.15, 0.2) is 5.65 Å². The Morgan fingerprint density at radius 1 is 1.27 bits per heavy atom. The number of anilines is 2. The van der Waals surface area contributed by atoms with Crippen molar-refractivity contribution < 1.29 is 0 Å². The molecular formula is C14H13ClIN4PS. The number of thioether (sulfide) groups is 1. The van der Waals surface area contributed by atoms with Crippen LogP contribution in [0.4, 0.5) is 11.4 Å². The fraction of sp³-hybridized carbons (Fsp3) is 0.143. The van der Waals surface area contributed by atoms with Crippen LogP contribution in [0.25, 0.3) is 11.2 Å². The number of hydrogen-bond acceptors (Lipinski definition) is 4. The molecule has 0 radical (unpaired) electrons. The summed E-state index contributed by atoms with van der Waals surface area (Å²) in [6.07, 6.45) is 2.60. The highest BCUT2D eigenvalue weighted by molar-refractivity contribution is 14.2. The molecular weight excluding hydrogens is 450 g/mol. The highest BCUT2D eigenvalue weighted by Crippen LogP contribution is 2.36. The molecule has 2 heterocycles. The van der Waals surface area contributed by atoms with Gasteiger partial charge in [-0.3, -0.25) is 4.34 Å². The molecule has 0 bridgehead atoms. The molecule has 0 aliphatic heterocycles. The van der Waals surface area contributed by atoms with Gasteiger partial charge in [-0.15, -0.1) is 11.8 Å². The van der Waals surface area contributed by atoms with Crippen LogP contribution in [-0.2, 0) is 0 Å². The molecule has 1 aromatic carbocycles. The topological polar surface area (TPSA) is 42.7 Å². The highest BCUT2D eigenvalue weighted by atomic mass is 127. The number of aromatic nitrogens is 3. The van der Waals surface area contributed by atoms with Gasteiger partial charge in [-0.05, 0) is 47.4 Å². The van der Waals surface area contributed by atoms with Crippen molar-refractivity contribution in [1.82, 2.24) is 14.3 Å². The van der Waals surface area contributed by atoms with Crippen molar-refractivity contribution in [1.29, 1.82) is 0 Å². The van der Waals surface area contributed by atoms with Crippen LogP contribution in [0.5, 0.6) is 0 Å². The van der Waals surface area contributed by atoms with Crippen LogP contribution in [0.1, 0.15) is 5.82 Å². The number of rotatable bonds is 4. The predicted octanol–water partition coefficient (Wildman–Crippen LogP) is 5.65. The average molecular weight is 463 g/mol. The molecule has 0 saturated carbocycles. The Balaban J connectivity index is 2.14. The van der Waals surface area contributed by atoms with Crippen LogP contribution in [0.2, 0.25) is 5.15 Å². The van der Waals surface area contributed by atoms with E-state index in [9.17, 15) is 0 Å². The van der Waals surface area contributed by atoms with Gasteiger partial charge >= 0.3 is 0 Å².